The molecular formula is C24H21F4N5O2. The van der Waals surface area contributed by atoms with Gasteiger partial charge in [0.1, 0.15) is 17.7 Å². The Bertz CT molecular complexity index is 1220. The topological polar surface area (TPSA) is 105 Å². The normalized spacial score (nSPS) is 13.7. The number of aromatic nitrogens is 2. The zero-order valence-corrected chi connectivity index (χ0v) is 18.3. The van der Waals surface area contributed by atoms with E-state index in [-0.39, 0.29) is 5.82 Å². The van der Waals surface area contributed by atoms with Gasteiger partial charge in [0.2, 0.25) is 0 Å². The van der Waals surface area contributed by atoms with Crippen molar-refractivity contribution in [3.05, 3.63) is 71.3 Å². The molecule has 0 radical (unpaired) electrons. The Labute approximate surface area is 198 Å². The van der Waals surface area contributed by atoms with E-state index in [1.54, 1.807) is 18.3 Å². The van der Waals surface area contributed by atoms with Crippen molar-refractivity contribution in [2.75, 3.05) is 31.1 Å². The van der Waals surface area contributed by atoms with E-state index in [4.69, 9.17) is 9.90 Å². The molecule has 2 aromatic heterocycles. The first-order valence-electron chi connectivity index (χ1n) is 10.5. The smallest absolute Gasteiger partial charge is 0.475 e. The van der Waals surface area contributed by atoms with Crippen LogP contribution in [0.2, 0.25) is 0 Å². The van der Waals surface area contributed by atoms with Crippen LogP contribution in [0.25, 0.3) is 23.4 Å². The lowest BCUT2D eigenvalue weighted by molar-refractivity contribution is -0.192. The summed E-state index contributed by atoms with van der Waals surface area (Å²) in [6.45, 7) is 3.56. The lowest BCUT2D eigenvalue weighted by Gasteiger charge is -2.28. The molecule has 0 spiro atoms. The number of hydrogen-bond donors (Lipinski definition) is 3. The Hall–Kier alpha value is -4.17. The van der Waals surface area contributed by atoms with Crippen molar-refractivity contribution in [2.45, 2.75) is 6.18 Å². The first-order valence-corrected chi connectivity index (χ1v) is 10.5. The summed E-state index contributed by atoms with van der Waals surface area (Å²) in [7, 11) is 0. The molecule has 3 aromatic rings. The number of anilines is 1. The van der Waals surface area contributed by atoms with Crippen LogP contribution in [0, 0.1) is 17.1 Å². The number of nitrogens with one attached hydrogen (secondary N) is 2. The number of aliphatic carboxylic acids is 1. The second kappa shape index (κ2) is 11.3. The zero-order chi connectivity index (χ0) is 25.4. The van der Waals surface area contributed by atoms with Crippen LogP contribution in [0.15, 0.2) is 48.7 Å². The van der Waals surface area contributed by atoms with Crippen LogP contribution in [-0.4, -0.2) is 53.4 Å². The molecule has 3 N–H and O–H groups in total. The summed E-state index contributed by atoms with van der Waals surface area (Å²) in [5.74, 6) is -2.13. The fourth-order valence-electron chi connectivity index (χ4n) is 3.28. The van der Waals surface area contributed by atoms with Crippen molar-refractivity contribution >= 4 is 23.9 Å². The molecule has 182 valence electrons. The zero-order valence-electron chi connectivity index (χ0n) is 18.3. The van der Waals surface area contributed by atoms with E-state index in [2.05, 4.69) is 26.3 Å². The van der Waals surface area contributed by atoms with Gasteiger partial charge in [-0.1, -0.05) is 18.2 Å². The predicted octanol–water partition coefficient (Wildman–Crippen LogP) is 4.30. The van der Waals surface area contributed by atoms with E-state index in [1.807, 2.05) is 30.4 Å². The molecule has 11 heteroatoms. The Balaban J connectivity index is 0.000000429. The summed E-state index contributed by atoms with van der Waals surface area (Å²) in [6, 6.07) is 14.4. The SMILES string of the molecule is N#Cc1cc(-c2ccnc(/C=C/c3ccc(F)cc3)c2)[nH]c1N1CCNCC1.O=C(O)C(F)(F)F. The Morgan fingerprint density at radius 3 is 2.37 bits per heavy atom. The van der Waals surface area contributed by atoms with E-state index in [9.17, 15) is 22.8 Å². The van der Waals surface area contributed by atoms with Crippen molar-refractivity contribution in [3.8, 4) is 17.3 Å². The lowest BCUT2D eigenvalue weighted by Crippen LogP contribution is -2.44. The lowest BCUT2D eigenvalue weighted by atomic mass is 10.1. The van der Waals surface area contributed by atoms with Crippen LogP contribution in [-0.2, 0) is 4.79 Å². The van der Waals surface area contributed by atoms with Crippen molar-refractivity contribution in [1.29, 1.82) is 5.26 Å². The molecule has 0 aliphatic carbocycles. The third-order valence-corrected chi connectivity index (χ3v) is 5.00. The summed E-state index contributed by atoms with van der Waals surface area (Å²) in [6.07, 6.45) is 0.451. The average molecular weight is 487 g/mol. The number of rotatable bonds is 4. The van der Waals surface area contributed by atoms with E-state index in [0.717, 1.165) is 54.5 Å². The Morgan fingerprint density at radius 2 is 1.77 bits per heavy atom. The number of carboxylic acid groups (broad SMARTS) is 1. The minimum absolute atomic E-state index is 0.252. The molecule has 1 aliphatic heterocycles. The van der Waals surface area contributed by atoms with Gasteiger partial charge in [-0.15, -0.1) is 0 Å². The molecule has 0 atom stereocenters. The van der Waals surface area contributed by atoms with Gasteiger partial charge in [-0.2, -0.15) is 18.4 Å². The van der Waals surface area contributed by atoms with E-state index in [0.29, 0.717) is 5.56 Å². The highest BCUT2D eigenvalue weighted by Gasteiger charge is 2.38. The maximum absolute atomic E-state index is 13.0. The second-order valence-electron chi connectivity index (χ2n) is 7.45. The molecule has 0 bridgehead atoms. The highest BCUT2D eigenvalue weighted by Crippen LogP contribution is 2.28. The fraction of sp³-hybridized carbons (Fsp3) is 0.208. The van der Waals surface area contributed by atoms with Crippen molar-refractivity contribution < 1.29 is 27.5 Å². The highest BCUT2D eigenvalue weighted by atomic mass is 19.4. The van der Waals surface area contributed by atoms with Crippen LogP contribution < -0.4 is 10.2 Å². The third kappa shape index (κ3) is 7.15. The summed E-state index contributed by atoms with van der Waals surface area (Å²) < 4.78 is 44.8. The minimum atomic E-state index is -5.08. The van der Waals surface area contributed by atoms with E-state index in [1.165, 1.54) is 12.1 Å². The van der Waals surface area contributed by atoms with Gasteiger partial charge >= 0.3 is 12.1 Å². The highest BCUT2D eigenvalue weighted by molar-refractivity contribution is 5.74. The number of aromatic amines is 1. The maximum atomic E-state index is 13.0. The maximum Gasteiger partial charge on any atom is 0.490 e. The quantitative estimate of drug-likeness (QED) is 0.474. The van der Waals surface area contributed by atoms with Crippen LogP contribution in [0.1, 0.15) is 16.8 Å². The molecule has 0 saturated carbocycles. The number of halogens is 4. The summed E-state index contributed by atoms with van der Waals surface area (Å²) >= 11 is 0. The molecule has 1 aromatic carbocycles. The number of piperazine rings is 1. The summed E-state index contributed by atoms with van der Waals surface area (Å²) in [5.41, 5.74) is 4.20. The number of hydrogen-bond acceptors (Lipinski definition) is 5. The predicted molar refractivity (Wildman–Crippen MR) is 123 cm³/mol. The van der Waals surface area contributed by atoms with Gasteiger partial charge in [-0.25, -0.2) is 9.18 Å². The minimum Gasteiger partial charge on any atom is -0.475 e. The van der Waals surface area contributed by atoms with Crippen LogP contribution in [0.4, 0.5) is 23.4 Å². The molecular weight excluding hydrogens is 466 g/mol. The van der Waals surface area contributed by atoms with Gasteiger partial charge in [-0.05, 0) is 42.0 Å². The van der Waals surface area contributed by atoms with Crippen molar-refractivity contribution in [1.82, 2.24) is 15.3 Å². The number of pyridine rings is 1. The molecule has 4 rings (SSSR count). The standard InChI is InChI=1S/C22H20FN5.C2HF3O2/c23-19-4-1-16(2-5-19)3-6-20-13-17(7-8-26-20)21-14-18(15-24)22(27-21)28-11-9-25-10-12-28;3-2(4,5)1(6)7/h1-8,13-14,25,27H,9-12H2;(H,6,7)/b6-3+;. The van der Waals surface area contributed by atoms with E-state index >= 15 is 0 Å². The van der Waals surface area contributed by atoms with Gasteiger partial charge in [0.25, 0.3) is 0 Å². The fourth-order valence-corrected chi connectivity index (χ4v) is 3.28. The molecule has 3 heterocycles. The van der Waals surface area contributed by atoms with Gasteiger partial charge < -0.3 is 20.3 Å². The third-order valence-electron chi connectivity index (χ3n) is 5.00. The van der Waals surface area contributed by atoms with Crippen LogP contribution in [0.3, 0.4) is 0 Å². The largest absolute Gasteiger partial charge is 0.490 e. The van der Waals surface area contributed by atoms with E-state index < -0.39 is 12.1 Å². The Morgan fingerprint density at radius 1 is 1.11 bits per heavy atom. The van der Waals surface area contributed by atoms with Gasteiger partial charge in [-0.3, -0.25) is 4.98 Å². The molecule has 1 fully saturated rings. The number of H-pyrrole nitrogens is 1. The first kappa shape index (κ1) is 25.5. The molecule has 7 nitrogen and oxygen atoms in total. The molecule has 35 heavy (non-hydrogen) atoms. The Kier molecular flexibility index (Phi) is 8.22. The first-order chi connectivity index (χ1) is 16.7. The summed E-state index contributed by atoms with van der Waals surface area (Å²) in [5, 5.41) is 20.0. The van der Waals surface area contributed by atoms with Gasteiger partial charge in [0.05, 0.1) is 11.3 Å². The number of benzene rings is 1. The molecule has 1 aliphatic rings. The summed E-state index contributed by atoms with van der Waals surface area (Å²) in [4.78, 5) is 18.9. The molecule has 0 amide bonds. The van der Waals surface area contributed by atoms with Crippen LogP contribution >= 0.6 is 0 Å². The number of alkyl halides is 3. The van der Waals surface area contributed by atoms with Crippen LogP contribution in [0.5, 0.6) is 0 Å². The monoisotopic (exact) mass is 487 g/mol. The second-order valence-corrected chi connectivity index (χ2v) is 7.45. The van der Waals surface area contributed by atoms with Crippen molar-refractivity contribution in [2.24, 2.45) is 0 Å². The van der Waals surface area contributed by atoms with Crippen molar-refractivity contribution in [3.63, 3.8) is 0 Å². The number of nitrogens with zero attached hydrogens (tertiary/aromatic N) is 3. The number of carboxylic acids is 1. The average Bonchev–Trinajstić information content (AvgIpc) is 3.29. The number of carbonyl (C=O) groups is 1. The number of nitriles is 1. The molecule has 0 unspecified atom stereocenters. The van der Waals surface area contributed by atoms with Gasteiger partial charge in [0.15, 0.2) is 0 Å². The molecule has 1 saturated heterocycles. The van der Waals surface area contributed by atoms with Gasteiger partial charge in [0, 0.05) is 43.6 Å².